The van der Waals surface area contributed by atoms with Gasteiger partial charge in [0.15, 0.2) is 0 Å². The Hall–Kier alpha value is -0.570. The Labute approximate surface area is 106 Å². The zero-order valence-electron chi connectivity index (χ0n) is 11.3. The number of rotatable bonds is 10. The fourth-order valence-electron chi connectivity index (χ4n) is 2.07. The highest BCUT2D eigenvalue weighted by molar-refractivity contribution is 5.75. The van der Waals surface area contributed by atoms with E-state index >= 15 is 0 Å². The van der Waals surface area contributed by atoms with Gasteiger partial charge in [0.05, 0.1) is 0 Å². The molecule has 1 aliphatic rings. The van der Waals surface area contributed by atoms with E-state index < -0.39 is 0 Å². The van der Waals surface area contributed by atoms with E-state index in [4.69, 9.17) is 5.73 Å². The average Bonchev–Trinajstić information content (AvgIpc) is 3.12. The van der Waals surface area contributed by atoms with Crippen LogP contribution >= 0.6 is 0 Å². The van der Waals surface area contributed by atoms with E-state index in [0.717, 1.165) is 13.0 Å². The molecule has 0 radical (unpaired) electrons. The molecule has 1 rings (SSSR count). The molecule has 0 spiro atoms. The van der Waals surface area contributed by atoms with Gasteiger partial charge in [0.2, 0.25) is 5.91 Å². The van der Waals surface area contributed by atoms with Crippen LogP contribution < -0.4 is 11.1 Å². The van der Waals surface area contributed by atoms with Crippen LogP contribution in [0.2, 0.25) is 0 Å². The van der Waals surface area contributed by atoms with Gasteiger partial charge in [-0.25, -0.2) is 0 Å². The summed E-state index contributed by atoms with van der Waals surface area (Å²) in [5.41, 5.74) is 5.93. The second-order valence-electron chi connectivity index (χ2n) is 5.50. The number of amides is 1. The highest BCUT2D eigenvalue weighted by Crippen LogP contribution is 2.43. The zero-order chi connectivity index (χ0) is 12.6. The summed E-state index contributed by atoms with van der Waals surface area (Å²) in [7, 11) is 0. The van der Waals surface area contributed by atoms with Crippen LogP contribution in [0.3, 0.4) is 0 Å². The monoisotopic (exact) mass is 240 g/mol. The van der Waals surface area contributed by atoms with E-state index in [0.29, 0.717) is 13.0 Å². The van der Waals surface area contributed by atoms with Gasteiger partial charge in [-0.05, 0) is 31.2 Å². The van der Waals surface area contributed by atoms with Crippen LogP contribution in [-0.2, 0) is 4.79 Å². The van der Waals surface area contributed by atoms with Gasteiger partial charge >= 0.3 is 0 Å². The maximum atomic E-state index is 11.6. The van der Waals surface area contributed by atoms with E-state index in [2.05, 4.69) is 12.2 Å². The molecule has 1 fully saturated rings. The molecule has 0 saturated heterocycles. The molecule has 0 aliphatic heterocycles. The van der Waals surface area contributed by atoms with Crippen LogP contribution in [0.5, 0.6) is 0 Å². The maximum absolute atomic E-state index is 11.6. The van der Waals surface area contributed by atoms with E-state index in [1.165, 1.54) is 44.9 Å². The van der Waals surface area contributed by atoms with Crippen molar-refractivity contribution in [2.45, 2.75) is 64.7 Å². The van der Waals surface area contributed by atoms with Gasteiger partial charge in [-0.3, -0.25) is 4.79 Å². The average molecular weight is 240 g/mol. The number of carbonyl (C=O) groups excluding carboxylic acids is 1. The minimum absolute atomic E-state index is 0.209. The smallest absolute Gasteiger partial charge is 0.220 e. The number of nitrogens with one attached hydrogen (secondary N) is 1. The lowest BCUT2D eigenvalue weighted by atomic mass is 10.1. The van der Waals surface area contributed by atoms with Crippen LogP contribution in [-0.4, -0.2) is 19.0 Å². The number of nitrogens with two attached hydrogens (primary N) is 1. The van der Waals surface area contributed by atoms with E-state index in [-0.39, 0.29) is 11.3 Å². The highest BCUT2D eigenvalue weighted by Gasteiger charge is 2.41. The number of unbranched alkanes of at least 4 members (excludes halogenated alkanes) is 5. The summed E-state index contributed by atoms with van der Waals surface area (Å²) in [5, 5.41) is 3.02. The van der Waals surface area contributed by atoms with Crippen LogP contribution in [0.1, 0.15) is 64.7 Å². The van der Waals surface area contributed by atoms with Crippen molar-refractivity contribution in [3.05, 3.63) is 0 Å². The second-order valence-corrected chi connectivity index (χ2v) is 5.50. The summed E-state index contributed by atoms with van der Waals surface area (Å²) in [5.74, 6) is 0.209. The van der Waals surface area contributed by atoms with Crippen molar-refractivity contribution < 1.29 is 4.79 Å². The normalized spacial score (nSPS) is 16.8. The molecule has 100 valence electrons. The van der Waals surface area contributed by atoms with Gasteiger partial charge in [-0.1, -0.05) is 39.0 Å². The molecule has 3 nitrogen and oxygen atoms in total. The molecule has 0 aromatic carbocycles. The third kappa shape index (κ3) is 6.06. The van der Waals surface area contributed by atoms with Gasteiger partial charge in [0.1, 0.15) is 0 Å². The molecule has 17 heavy (non-hydrogen) atoms. The largest absolute Gasteiger partial charge is 0.355 e. The lowest BCUT2D eigenvalue weighted by Gasteiger charge is -2.13. The Bertz CT molecular complexity index is 224. The quantitative estimate of drug-likeness (QED) is 0.577. The molecule has 1 saturated carbocycles. The summed E-state index contributed by atoms with van der Waals surface area (Å²) in [6, 6.07) is 0. The Morgan fingerprint density at radius 2 is 1.82 bits per heavy atom. The fraction of sp³-hybridized carbons (Fsp3) is 0.929. The maximum Gasteiger partial charge on any atom is 0.220 e. The highest BCUT2D eigenvalue weighted by atomic mass is 16.1. The molecule has 3 heteroatoms. The topological polar surface area (TPSA) is 55.1 Å². The molecule has 0 bridgehead atoms. The van der Waals surface area contributed by atoms with Crippen molar-refractivity contribution in [1.29, 1.82) is 0 Å². The van der Waals surface area contributed by atoms with E-state index in [9.17, 15) is 4.79 Å². The van der Waals surface area contributed by atoms with Crippen molar-refractivity contribution in [2.24, 2.45) is 11.1 Å². The predicted octanol–water partition coefficient (Wildman–Crippen LogP) is 2.59. The van der Waals surface area contributed by atoms with Crippen molar-refractivity contribution in [3.63, 3.8) is 0 Å². The first-order chi connectivity index (χ1) is 8.22. The van der Waals surface area contributed by atoms with Crippen molar-refractivity contribution in [1.82, 2.24) is 5.32 Å². The Morgan fingerprint density at radius 1 is 1.18 bits per heavy atom. The molecular weight excluding hydrogens is 212 g/mol. The summed E-state index contributed by atoms with van der Waals surface area (Å²) >= 11 is 0. The minimum atomic E-state index is 0.209. The fourth-order valence-corrected chi connectivity index (χ4v) is 2.07. The SMILES string of the molecule is CCCCCCCCC(=O)NCC1(CN)CC1. The Kier molecular flexibility index (Phi) is 6.56. The third-order valence-electron chi connectivity index (χ3n) is 3.81. The molecule has 0 heterocycles. The lowest BCUT2D eigenvalue weighted by molar-refractivity contribution is -0.121. The summed E-state index contributed by atoms with van der Waals surface area (Å²) in [4.78, 5) is 11.6. The Balaban J connectivity index is 1.91. The number of hydrogen-bond acceptors (Lipinski definition) is 2. The summed E-state index contributed by atoms with van der Waals surface area (Å²) < 4.78 is 0. The summed E-state index contributed by atoms with van der Waals surface area (Å²) in [6.45, 7) is 3.72. The van der Waals surface area contributed by atoms with Gasteiger partial charge in [0, 0.05) is 13.0 Å². The Morgan fingerprint density at radius 3 is 2.41 bits per heavy atom. The van der Waals surface area contributed by atoms with Crippen LogP contribution in [0, 0.1) is 5.41 Å². The predicted molar refractivity (Wildman–Crippen MR) is 71.7 cm³/mol. The third-order valence-corrected chi connectivity index (χ3v) is 3.81. The van der Waals surface area contributed by atoms with Gasteiger partial charge < -0.3 is 11.1 Å². The minimum Gasteiger partial charge on any atom is -0.355 e. The van der Waals surface area contributed by atoms with Gasteiger partial charge in [0.25, 0.3) is 0 Å². The van der Waals surface area contributed by atoms with Gasteiger partial charge in [-0.2, -0.15) is 0 Å². The first-order valence-electron chi connectivity index (χ1n) is 7.19. The van der Waals surface area contributed by atoms with Crippen LogP contribution in [0.25, 0.3) is 0 Å². The van der Waals surface area contributed by atoms with Crippen molar-refractivity contribution >= 4 is 5.91 Å². The molecule has 3 N–H and O–H groups in total. The second kappa shape index (κ2) is 7.70. The number of hydrogen-bond donors (Lipinski definition) is 2. The standard InChI is InChI=1S/C14H28N2O/c1-2-3-4-5-6-7-8-13(17)16-12-14(11-15)9-10-14/h2-12,15H2,1H3,(H,16,17). The first kappa shape index (κ1) is 14.5. The molecule has 0 atom stereocenters. The van der Waals surface area contributed by atoms with Crippen molar-refractivity contribution in [3.8, 4) is 0 Å². The molecular formula is C14H28N2O. The molecule has 1 aliphatic carbocycles. The first-order valence-corrected chi connectivity index (χ1v) is 7.19. The van der Waals surface area contributed by atoms with Crippen LogP contribution in [0.15, 0.2) is 0 Å². The molecule has 1 amide bonds. The number of carbonyl (C=O) groups is 1. The summed E-state index contributed by atoms with van der Waals surface area (Å²) in [6.07, 6.45) is 10.5. The molecule has 0 unspecified atom stereocenters. The van der Waals surface area contributed by atoms with Crippen LogP contribution in [0.4, 0.5) is 0 Å². The molecule has 0 aromatic rings. The van der Waals surface area contributed by atoms with E-state index in [1.807, 2.05) is 0 Å². The zero-order valence-corrected chi connectivity index (χ0v) is 11.3. The van der Waals surface area contributed by atoms with Gasteiger partial charge in [-0.15, -0.1) is 0 Å². The van der Waals surface area contributed by atoms with Crippen molar-refractivity contribution in [2.75, 3.05) is 13.1 Å². The molecule has 0 aromatic heterocycles. The van der Waals surface area contributed by atoms with E-state index in [1.54, 1.807) is 0 Å². The lowest BCUT2D eigenvalue weighted by Crippen LogP contribution is -2.33.